The van der Waals surface area contributed by atoms with Crippen molar-refractivity contribution in [3.8, 4) is 0 Å². The number of carbonyl (C=O) groups excluding carboxylic acids is 1. The minimum Gasteiger partial charge on any atom is -0.350 e. The quantitative estimate of drug-likeness (QED) is 0.566. The number of nitrogens with one attached hydrogen (secondary N) is 2. The van der Waals surface area contributed by atoms with E-state index in [1.165, 1.54) is 0 Å². The van der Waals surface area contributed by atoms with E-state index in [4.69, 9.17) is 0 Å². The van der Waals surface area contributed by atoms with Gasteiger partial charge in [0, 0.05) is 6.54 Å². The van der Waals surface area contributed by atoms with E-state index >= 15 is 0 Å². The maximum atomic E-state index is 11.4. The van der Waals surface area contributed by atoms with E-state index in [0.717, 1.165) is 6.20 Å². The zero-order chi connectivity index (χ0) is 11.4. The fraction of sp³-hybridized carbons (Fsp3) is 0.500. The van der Waals surface area contributed by atoms with Crippen molar-refractivity contribution in [1.82, 2.24) is 15.5 Å². The summed E-state index contributed by atoms with van der Waals surface area (Å²) >= 11 is 0. The van der Waals surface area contributed by atoms with Gasteiger partial charge in [0.25, 0.3) is 5.91 Å². The average molecular weight is 212 g/mol. The first-order valence-corrected chi connectivity index (χ1v) is 4.48. The number of aromatic amines is 1. The molecule has 0 aliphatic rings. The molecular formula is C8H12N4O3. The molecule has 0 fully saturated rings. The van der Waals surface area contributed by atoms with Gasteiger partial charge in [0.1, 0.15) is 6.20 Å². The van der Waals surface area contributed by atoms with Crippen molar-refractivity contribution in [3.05, 3.63) is 22.0 Å². The van der Waals surface area contributed by atoms with Crippen LogP contribution in [0.15, 0.2) is 6.20 Å². The summed E-state index contributed by atoms with van der Waals surface area (Å²) in [4.78, 5) is 21.3. The topological polar surface area (TPSA) is 101 Å². The van der Waals surface area contributed by atoms with Crippen LogP contribution in [-0.4, -0.2) is 27.6 Å². The Morgan fingerprint density at radius 3 is 2.93 bits per heavy atom. The number of nitrogens with zero attached hydrogens (tertiary/aromatic N) is 2. The van der Waals surface area contributed by atoms with Gasteiger partial charge in [-0.3, -0.25) is 20.0 Å². The SMILES string of the molecule is CC(C)CNC(=O)c1[nH]ncc1[N+](=O)[O-]. The molecule has 82 valence electrons. The lowest BCUT2D eigenvalue weighted by Gasteiger charge is -2.05. The maximum Gasteiger partial charge on any atom is 0.319 e. The fourth-order valence-corrected chi connectivity index (χ4v) is 0.971. The van der Waals surface area contributed by atoms with Crippen molar-refractivity contribution in [2.75, 3.05) is 6.54 Å². The second-order valence-corrected chi connectivity index (χ2v) is 3.49. The van der Waals surface area contributed by atoms with Gasteiger partial charge in [0.15, 0.2) is 0 Å². The van der Waals surface area contributed by atoms with E-state index in [0.29, 0.717) is 6.54 Å². The summed E-state index contributed by atoms with van der Waals surface area (Å²) < 4.78 is 0. The van der Waals surface area contributed by atoms with Crippen LogP contribution in [0, 0.1) is 16.0 Å². The number of hydrogen-bond donors (Lipinski definition) is 2. The predicted molar refractivity (Wildman–Crippen MR) is 52.4 cm³/mol. The Hall–Kier alpha value is -1.92. The fourth-order valence-electron chi connectivity index (χ4n) is 0.971. The van der Waals surface area contributed by atoms with Crippen LogP contribution in [0.3, 0.4) is 0 Å². The average Bonchev–Trinajstić information content (AvgIpc) is 2.62. The molecule has 7 nitrogen and oxygen atoms in total. The highest BCUT2D eigenvalue weighted by Crippen LogP contribution is 2.13. The maximum absolute atomic E-state index is 11.4. The summed E-state index contributed by atoms with van der Waals surface area (Å²) in [6.07, 6.45) is 1.02. The number of hydrogen-bond acceptors (Lipinski definition) is 4. The van der Waals surface area contributed by atoms with Crippen molar-refractivity contribution < 1.29 is 9.72 Å². The summed E-state index contributed by atoms with van der Waals surface area (Å²) in [6, 6.07) is 0. The van der Waals surface area contributed by atoms with E-state index in [-0.39, 0.29) is 17.3 Å². The van der Waals surface area contributed by atoms with Crippen LogP contribution in [0.4, 0.5) is 5.69 Å². The molecule has 0 saturated carbocycles. The summed E-state index contributed by atoms with van der Waals surface area (Å²) in [6.45, 7) is 4.33. The number of aromatic nitrogens is 2. The van der Waals surface area contributed by atoms with Crippen LogP contribution in [0.2, 0.25) is 0 Å². The van der Waals surface area contributed by atoms with Crippen molar-refractivity contribution in [3.63, 3.8) is 0 Å². The van der Waals surface area contributed by atoms with Crippen molar-refractivity contribution in [2.24, 2.45) is 5.92 Å². The van der Waals surface area contributed by atoms with E-state index in [2.05, 4.69) is 15.5 Å². The van der Waals surface area contributed by atoms with Crippen LogP contribution >= 0.6 is 0 Å². The van der Waals surface area contributed by atoms with E-state index in [1.54, 1.807) is 0 Å². The molecule has 15 heavy (non-hydrogen) atoms. The third kappa shape index (κ3) is 2.76. The lowest BCUT2D eigenvalue weighted by molar-refractivity contribution is -0.385. The minimum atomic E-state index is -0.645. The molecular weight excluding hydrogens is 200 g/mol. The van der Waals surface area contributed by atoms with Crippen LogP contribution in [0.1, 0.15) is 24.3 Å². The second-order valence-electron chi connectivity index (χ2n) is 3.49. The Morgan fingerprint density at radius 2 is 2.40 bits per heavy atom. The largest absolute Gasteiger partial charge is 0.350 e. The molecule has 7 heteroatoms. The Kier molecular flexibility index (Phi) is 3.37. The number of H-pyrrole nitrogens is 1. The summed E-state index contributed by atoms with van der Waals surface area (Å²) in [5, 5.41) is 18.8. The van der Waals surface area contributed by atoms with Gasteiger partial charge in [-0.1, -0.05) is 13.8 Å². The zero-order valence-corrected chi connectivity index (χ0v) is 8.48. The molecule has 0 aromatic carbocycles. The summed E-state index contributed by atoms with van der Waals surface area (Å²) in [5.74, 6) is -0.219. The Bertz CT molecular complexity index is 372. The third-order valence-corrected chi connectivity index (χ3v) is 1.71. The van der Waals surface area contributed by atoms with Crippen LogP contribution < -0.4 is 5.32 Å². The number of nitro groups is 1. The molecule has 0 spiro atoms. The first-order valence-electron chi connectivity index (χ1n) is 4.48. The van der Waals surface area contributed by atoms with E-state index < -0.39 is 10.8 Å². The number of rotatable bonds is 4. The Morgan fingerprint density at radius 1 is 1.73 bits per heavy atom. The van der Waals surface area contributed by atoms with Crippen LogP contribution in [0.5, 0.6) is 0 Å². The molecule has 0 bridgehead atoms. The van der Waals surface area contributed by atoms with Gasteiger partial charge in [-0.15, -0.1) is 0 Å². The lowest BCUT2D eigenvalue weighted by atomic mass is 10.2. The molecule has 1 amide bonds. The smallest absolute Gasteiger partial charge is 0.319 e. The van der Waals surface area contributed by atoms with Crippen LogP contribution in [0.25, 0.3) is 0 Å². The molecule has 0 radical (unpaired) electrons. The summed E-state index contributed by atoms with van der Waals surface area (Å²) in [5.41, 5.74) is -0.420. The lowest BCUT2D eigenvalue weighted by Crippen LogP contribution is -2.28. The molecule has 1 aromatic rings. The van der Waals surface area contributed by atoms with Crippen molar-refractivity contribution in [1.29, 1.82) is 0 Å². The zero-order valence-electron chi connectivity index (χ0n) is 8.48. The number of amides is 1. The predicted octanol–water partition coefficient (Wildman–Crippen LogP) is 0.704. The van der Waals surface area contributed by atoms with E-state index in [9.17, 15) is 14.9 Å². The van der Waals surface area contributed by atoms with Crippen molar-refractivity contribution in [2.45, 2.75) is 13.8 Å². The summed E-state index contributed by atoms with van der Waals surface area (Å²) in [7, 11) is 0. The first kappa shape index (κ1) is 11.2. The molecule has 0 aliphatic heterocycles. The van der Waals surface area contributed by atoms with Gasteiger partial charge < -0.3 is 5.32 Å². The minimum absolute atomic E-state index is 0.111. The number of carbonyl (C=O) groups is 1. The monoisotopic (exact) mass is 212 g/mol. The highest BCUT2D eigenvalue weighted by Gasteiger charge is 2.22. The molecule has 0 saturated heterocycles. The second kappa shape index (κ2) is 4.54. The van der Waals surface area contributed by atoms with Gasteiger partial charge in [0.2, 0.25) is 5.69 Å². The Balaban J connectivity index is 2.73. The van der Waals surface area contributed by atoms with Gasteiger partial charge >= 0.3 is 5.69 Å². The molecule has 0 atom stereocenters. The molecule has 0 aliphatic carbocycles. The van der Waals surface area contributed by atoms with Gasteiger partial charge in [-0.05, 0) is 5.92 Å². The standard InChI is InChI=1S/C8H12N4O3/c1-5(2)3-9-8(13)7-6(12(14)15)4-10-11-7/h4-5H,3H2,1-2H3,(H,9,13)(H,10,11). The van der Waals surface area contributed by atoms with Gasteiger partial charge in [-0.2, -0.15) is 5.10 Å². The van der Waals surface area contributed by atoms with Crippen molar-refractivity contribution >= 4 is 11.6 Å². The van der Waals surface area contributed by atoms with Gasteiger partial charge in [0.05, 0.1) is 4.92 Å². The first-order chi connectivity index (χ1) is 7.02. The Labute approximate surface area is 86.0 Å². The normalized spacial score (nSPS) is 10.3. The molecule has 1 rings (SSSR count). The highest BCUT2D eigenvalue weighted by atomic mass is 16.6. The molecule has 2 N–H and O–H groups in total. The third-order valence-electron chi connectivity index (χ3n) is 1.71. The molecule has 1 aromatic heterocycles. The highest BCUT2D eigenvalue weighted by molar-refractivity contribution is 5.95. The van der Waals surface area contributed by atoms with E-state index in [1.807, 2.05) is 13.8 Å². The van der Waals surface area contributed by atoms with Crippen LogP contribution in [-0.2, 0) is 0 Å². The molecule has 1 heterocycles. The molecule has 0 unspecified atom stereocenters. The van der Waals surface area contributed by atoms with Gasteiger partial charge in [-0.25, -0.2) is 0 Å².